The van der Waals surface area contributed by atoms with E-state index in [2.05, 4.69) is 0 Å². The fourth-order valence-corrected chi connectivity index (χ4v) is 0.619. The number of nitrogens with two attached hydrogens (primary N) is 1. The lowest BCUT2D eigenvalue weighted by Gasteiger charge is -2.16. The minimum atomic E-state index is -1.04. The number of rotatable bonds is 5. The predicted octanol–water partition coefficient (Wildman–Crippen LogP) is -0.0696. The lowest BCUT2D eigenvalue weighted by Crippen LogP contribution is -2.38. The summed E-state index contributed by atoms with van der Waals surface area (Å²) in [6.07, 6.45) is 1.02. The average Bonchev–Trinajstić information content (AvgIpc) is 2.17. The minimum absolute atomic E-state index is 0.292. The first kappa shape index (κ1) is 17.0. The van der Waals surface area contributed by atoms with Gasteiger partial charge in [-0.25, -0.2) is 0 Å². The highest BCUT2D eigenvalue weighted by Gasteiger charge is 2.30. The number of carbonyl (C=O) groups excluding carboxylic acids is 2. The van der Waals surface area contributed by atoms with E-state index in [1.165, 1.54) is 13.8 Å². The number of carboxylic acid groups (broad SMARTS) is 1. The van der Waals surface area contributed by atoms with Crippen LogP contribution in [0.1, 0.15) is 33.6 Å². The number of hydrogen-bond acceptors (Lipinski definition) is 4. The molecule has 0 saturated carbocycles. The number of ketones is 1. The summed E-state index contributed by atoms with van der Waals surface area (Å²) in [5.74, 6) is -2.45. The molecular weight excluding hydrogens is 214 g/mol. The Hall–Kier alpha value is -1.43. The molecule has 0 unspecified atom stereocenters. The third-order valence-electron chi connectivity index (χ3n) is 1.70. The van der Waals surface area contributed by atoms with E-state index < -0.39 is 23.1 Å². The number of Topliss-reactive ketones (excluding diaryl/α,β-unsaturated/α-hetero) is 1. The predicted molar refractivity (Wildman–Crippen MR) is 57.6 cm³/mol. The number of carboxylic acids is 1. The Balaban J connectivity index is 0. The van der Waals surface area contributed by atoms with Gasteiger partial charge in [-0.2, -0.15) is 0 Å². The first-order valence-electron chi connectivity index (χ1n) is 4.86. The topological polar surface area (TPSA) is 118 Å². The minimum Gasteiger partial charge on any atom is -0.481 e. The Morgan fingerprint density at radius 2 is 1.69 bits per heavy atom. The lowest BCUT2D eigenvalue weighted by molar-refractivity contribution is -0.142. The number of amides is 1. The summed E-state index contributed by atoms with van der Waals surface area (Å²) in [6, 6.07) is 0. The Morgan fingerprint density at radius 3 is 1.75 bits per heavy atom. The van der Waals surface area contributed by atoms with Crippen LogP contribution in [0.5, 0.6) is 0 Å². The molecule has 0 aliphatic rings. The van der Waals surface area contributed by atoms with Crippen LogP contribution in [0.2, 0.25) is 0 Å². The molecule has 0 aromatic rings. The second kappa shape index (κ2) is 7.81. The summed E-state index contributed by atoms with van der Waals surface area (Å²) in [5, 5.41) is 16.5. The van der Waals surface area contributed by atoms with Crippen molar-refractivity contribution in [1.29, 1.82) is 0 Å². The van der Waals surface area contributed by atoms with Crippen molar-refractivity contribution < 1.29 is 24.6 Å². The summed E-state index contributed by atoms with van der Waals surface area (Å²) in [4.78, 5) is 30.6. The quantitative estimate of drug-likeness (QED) is 0.574. The SMILES string of the molecule is CC(C)(CO)C(=O)C(N)=O.CCCC(=O)O. The first-order valence-corrected chi connectivity index (χ1v) is 4.86. The van der Waals surface area contributed by atoms with E-state index in [1.807, 2.05) is 6.92 Å². The monoisotopic (exact) mass is 233 g/mol. The van der Waals surface area contributed by atoms with Gasteiger partial charge >= 0.3 is 5.97 Å². The van der Waals surface area contributed by atoms with E-state index in [9.17, 15) is 14.4 Å². The van der Waals surface area contributed by atoms with Crippen molar-refractivity contribution in [3.8, 4) is 0 Å². The molecule has 0 spiro atoms. The molecule has 0 radical (unpaired) electrons. The molecule has 1 amide bonds. The van der Waals surface area contributed by atoms with Gasteiger partial charge in [-0.3, -0.25) is 14.4 Å². The summed E-state index contributed by atoms with van der Waals surface area (Å²) in [5.41, 5.74) is 3.66. The van der Waals surface area contributed by atoms with Gasteiger partial charge in [-0.15, -0.1) is 0 Å². The molecule has 6 heteroatoms. The summed E-state index contributed by atoms with van der Waals surface area (Å²) < 4.78 is 0. The molecule has 94 valence electrons. The van der Waals surface area contributed by atoms with E-state index in [0.717, 1.165) is 6.42 Å². The summed E-state index contributed by atoms with van der Waals surface area (Å²) >= 11 is 0. The van der Waals surface area contributed by atoms with Gasteiger partial charge in [0, 0.05) is 6.42 Å². The smallest absolute Gasteiger partial charge is 0.303 e. The second-order valence-corrected chi connectivity index (χ2v) is 3.88. The zero-order valence-electron chi connectivity index (χ0n) is 9.82. The van der Waals surface area contributed by atoms with Gasteiger partial charge in [0.25, 0.3) is 5.91 Å². The Labute approximate surface area is 94.4 Å². The molecular formula is C10H19NO5. The van der Waals surface area contributed by atoms with Crippen LogP contribution in [0.4, 0.5) is 0 Å². The van der Waals surface area contributed by atoms with Gasteiger partial charge in [-0.05, 0) is 6.42 Å². The number of aliphatic hydroxyl groups excluding tert-OH is 1. The van der Waals surface area contributed by atoms with Crippen LogP contribution in [0.3, 0.4) is 0 Å². The van der Waals surface area contributed by atoms with Crippen molar-refractivity contribution >= 4 is 17.7 Å². The number of carbonyl (C=O) groups is 3. The zero-order valence-corrected chi connectivity index (χ0v) is 9.82. The van der Waals surface area contributed by atoms with E-state index in [0.29, 0.717) is 6.42 Å². The van der Waals surface area contributed by atoms with Gasteiger partial charge in [-0.1, -0.05) is 20.8 Å². The highest BCUT2D eigenvalue weighted by molar-refractivity contribution is 6.37. The van der Waals surface area contributed by atoms with Gasteiger partial charge < -0.3 is 15.9 Å². The van der Waals surface area contributed by atoms with Crippen LogP contribution in [0.15, 0.2) is 0 Å². The van der Waals surface area contributed by atoms with E-state index >= 15 is 0 Å². The van der Waals surface area contributed by atoms with Gasteiger partial charge in [0.1, 0.15) is 0 Å². The van der Waals surface area contributed by atoms with Crippen molar-refractivity contribution in [2.45, 2.75) is 33.6 Å². The molecule has 0 heterocycles. The van der Waals surface area contributed by atoms with Gasteiger partial charge in [0.15, 0.2) is 0 Å². The Bertz CT molecular complexity index is 260. The molecule has 16 heavy (non-hydrogen) atoms. The van der Waals surface area contributed by atoms with Crippen molar-refractivity contribution in [1.82, 2.24) is 0 Å². The molecule has 0 saturated heterocycles. The van der Waals surface area contributed by atoms with Crippen LogP contribution >= 0.6 is 0 Å². The molecule has 6 nitrogen and oxygen atoms in total. The first-order chi connectivity index (χ1) is 7.18. The molecule has 0 fully saturated rings. The molecule has 0 aromatic heterocycles. The van der Waals surface area contributed by atoms with E-state index in [4.69, 9.17) is 15.9 Å². The van der Waals surface area contributed by atoms with Crippen LogP contribution < -0.4 is 5.73 Å². The Morgan fingerprint density at radius 1 is 1.25 bits per heavy atom. The van der Waals surface area contributed by atoms with Crippen LogP contribution in [0.25, 0.3) is 0 Å². The van der Waals surface area contributed by atoms with Crippen molar-refractivity contribution in [3.05, 3.63) is 0 Å². The van der Waals surface area contributed by atoms with Crippen LogP contribution in [-0.4, -0.2) is 34.5 Å². The highest BCUT2D eigenvalue weighted by Crippen LogP contribution is 2.13. The van der Waals surface area contributed by atoms with E-state index in [-0.39, 0.29) is 6.61 Å². The molecule has 4 N–H and O–H groups in total. The van der Waals surface area contributed by atoms with Crippen LogP contribution in [0, 0.1) is 5.41 Å². The third-order valence-corrected chi connectivity index (χ3v) is 1.70. The number of primary amides is 1. The van der Waals surface area contributed by atoms with E-state index in [1.54, 1.807) is 0 Å². The third kappa shape index (κ3) is 7.93. The molecule has 0 aliphatic carbocycles. The average molecular weight is 233 g/mol. The van der Waals surface area contributed by atoms with Crippen molar-refractivity contribution in [2.75, 3.05) is 6.61 Å². The van der Waals surface area contributed by atoms with Gasteiger partial charge in [0.05, 0.1) is 12.0 Å². The summed E-state index contributed by atoms with van der Waals surface area (Å²) in [6.45, 7) is 4.39. The fraction of sp³-hybridized carbons (Fsp3) is 0.700. The summed E-state index contributed by atoms with van der Waals surface area (Å²) in [7, 11) is 0. The molecule has 0 aliphatic heterocycles. The number of aliphatic carboxylic acids is 1. The maximum atomic E-state index is 10.8. The Kier molecular flexibility index (Phi) is 8.29. The second-order valence-electron chi connectivity index (χ2n) is 3.88. The molecule has 0 atom stereocenters. The maximum absolute atomic E-state index is 10.8. The number of aliphatic hydroxyl groups is 1. The van der Waals surface area contributed by atoms with Crippen LogP contribution in [-0.2, 0) is 14.4 Å². The van der Waals surface area contributed by atoms with Gasteiger partial charge in [0.2, 0.25) is 5.78 Å². The largest absolute Gasteiger partial charge is 0.481 e. The zero-order chi connectivity index (χ0) is 13.4. The molecule has 0 aromatic carbocycles. The normalized spacial score (nSPS) is 10.0. The standard InChI is InChI=1S/C6H11NO3.C4H8O2/c1-6(2,3-8)4(9)5(7)10;1-2-3-4(5)6/h8H,3H2,1-2H3,(H2,7,10);2-3H2,1H3,(H,5,6). The maximum Gasteiger partial charge on any atom is 0.303 e. The fourth-order valence-electron chi connectivity index (χ4n) is 0.619. The molecule has 0 bridgehead atoms. The van der Waals surface area contributed by atoms with Crippen molar-refractivity contribution in [3.63, 3.8) is 0 Å². The molecule has 0 rings (SSSR count). The highest BCUT2D eigenvalue weighted by atomic mass is 16.4. The number of hydrogen-bond donors (Lipinski definition) is 3. The van der Waals surface area contributed by atoms with Crippen molar-refractivity contribution in [2.24, 2.45) is 11.1 Å². The lowest BCUT2D eigenvalue weighted by atomic mass is 9.89.